The molecule has 0 aliphatic heterocycles. The van der Waals surface area contributed by atoms with Gasteiger partial charge in [-0.15, -0.1) is 0 Å². The van der Waals surface area contributed by atoms with Gasteiger partial charge in [-0.25, -0.2) is 0 Å². The van der Waals surface area contributed by atoms with Crippen molar-refractivity contribution in [1.82, 2.24) is 9.55 Å². The predicted octanol–water partition coefficient (Wildman–Crippen LogP) is 5.88. The summed E-state index contributed by atoms with van der Waals surface area (Å²) >= 11 is 11.5. The molecule has 0 amide bonds. The van der Waals surface area contributed by atoms with Crippen molar-refractivity contribution in [2.24, 2.45) is 0 Å². The van der Waals surface area contributed by atoms with Crippen LogP contribution in [0.1, 0.15) is 52.0 Å². The van der Waals surface area contributed by atoms with E-state index in [0.717, 1.165) is 20.8 Å². The highest BCUT2D eigenvalue weighted by Crippen LogP contribution is 2.25. The molecule has 0 aliphatic rings. The second-order valence-electron chi connectivity index (χ2n) is 5.16. The highest BCUT2D eigenvalue weighted by molar-refractivity contribution is 7.71. The zero-order valence-corrected chi connectivity index (χ0v) is 13.2. The van der Waals surface area contributed by atoms with Crippen LogP contribution in [-0.2, 0) is 0 Å². The lowest BCUT2D eigenvalue weighted by Crippen LogP contribution is -2.05. The Morgan fingerprint density at radius 3 is 2.84 bits per heavy atom. The fraction of sp³-hybridized carbons (Fsp3) is 0.533. The number of fused-ring (bicyclic) bond motifs is 1. The first kappa shape index (κ1) is 14.6. The molecular formula is C15H21ClN2S. The van der Waals surface area contributed by atoms with E-state index in [9.17, 15) is 0 Å². The summed E-state index contributed by atoms with van der Waals surface area (Å²) in [5, 5.41) is 0.742. The molecule has 1 aromatic heterocycles. The van der Waals surface area contributed by atoms with Crippen molar-refractivity contribution in [3.63, 3.8) is 0 Å². The summed E-state index contributed by atoms with van der Waals surface area (Å²) in [5.41, 5.74) is 2.18. The third-order valence-electron chi connectivity index (χ3n) is 3.59. The first-order valence-electron chi connectivity index (χ1n) is 7.03. The van der Waals surface area contributed by atoms with Gasteiger partial charge in [0, 0.05) is 11.1 Å². The van der Waals surface area contributed by atoms with Crippen molar-refractivity contribution >= 4 is 34.9 Å². The van der Waals surface area contributed by atoms with E-state index >= 15 is 0 Å². The Morgan fingerprint density at radius 2 is 2.11 bits per heavy atom. The van der Waals surface area contributed by atoms with Gasteiger partial charge < -0.3 is 9.55 Å². The monoisotopic (exact) mass is 296 g/mol. The van der Waals surface area contributed by atoms with Crippen LogP contribution in [0, 0.1) is 4.77 Å². The van der Waals surface area contributed by atoms with E-state index in [-0.39, 0.29) is 0 Å². The van der Waals surface area contributed by atoms with Gasteiger partial charge in [0.15, 0.2) is 4.77 Å². The van der Waals surface area contributed by atoms with E-state index in [1.165, 1.54) is 32.1 Å². The maximum absolute atomic E-state index is 6.01. The molecule has 2 aromatic rings. The first-order valence-corrected chi connectivity index (χ1v) is 7.82. The maximum Gasteiger partial charge on any atom is 0.178 e. The van der Waals surface area contributed by atoms with Crippen molar-refractivity contribution in [3.05, 3.63) is 28.0 Å². The summed E-state index contributed by atoms with van der Waals surface area (Å²) in [6.07, 6.45) is 6.34. The molecule has 4 heteroatoms. The molecule has 19 heavy (non-hydrogen) atoms. The van der Waals surface area contributed by atoms with Gasteiger partial charge in [0.1, 0.15) is 0 Å². The average molecular weight is 297 g/mol. The number of imidazole rings is 1. The van der Waals surface area contributed by atoms with Gasteiger partial charge in [-0.05, 0) is 43.8 Å². The van der Waals surface area contributed by atoms with Gasteiger partial charge in [0.25, 0.3) is 0 Å². The van der Waals surface area contributed by atoms with E-state index < -0.39 is 0 Å². The van der Waals surface area contributed by atoms with Crippen LogP contribution in [0.2, 0.25) is 5.02 Å². The Balaban J connectivity index is 2.19. The number of unbranched alkanes of at least 4 members (excludes halogenated alkanes) is 3. The normalized spacial score (nSPS) is 13.0. The number of hydrogen-bond acceptors (Lipinski definition) is 1. The Bertz CT molecular complexity index is 600. The quantitative estimate of drug-likeness (QED) is 0.521. The second kappa shape index (κ2) is 6.58. The number of rotatable bonds is 6. The standard InChI is InChI=1S/C15H21ClN2S/c1-3-4-5-6-7-11(2)18-14-9-8-12(16)10-13(14)17-15(18)19/h8-11H,3-7H2,1-2H3,(H,17,19). The molecule has 1 unspecified atom stereocenters. The average Bonchev–Trinajstić information content (AvgIpc) is 2.69. The Labute approximate surface area is 124 Å². The molecule has 0 saturated heterocycles. The van der Waals surface area contributed by atoms with Gasteiger partial charge in [-0.3, -0.25) is 0 Å². The topological polar surface area (TPSA) is 20.7 Å². The molecule has 1 aromatic carbocycles. The molecule has 0 bridgehead atoms. The van der Waals surface area contributed by atoms with Crippen LogP contribution >= 0.6 is 23.8 Å². The summed E-state index contributed by atoms with van der Waals surface area (Å²) in [6.45, 7) is 4.48. The van der Waals surface area contributed by atoms with E-state index in [4.69, 9.17) is 23.8 Å². The van der Waals surface area contributed by atoms with Crippen LogP contribution in [0.25, 0.3) is 11.0 Å². The number of H-pyrrole nitrogens is 1. The molecule has 0 saturated carbocycles. The number of nitrogens with zero attached hydrogens (tertiary/aromatic N) is 1. The van der Waals surface area contributed by atoms with E-state index in [1.54, 1.807) is 0 Å². The van der Waals surface area contributed by atoms with Gasteiger partial charge in [-0.1, -0.05) is 44.2 Å². The molecule has 104 valence electrons. The fourth-order valence-corrected chi connectivity index (χ4v) is 3.10. The second-order valence-corrected chi connectivity index (χ2v) is 5.98. The zero-order valence-electron chi connectivity index (χ0n) is 11.6. The van der Waals surface area contributed by atoms with Crippen LogP contribution in [0.3, 0.4) is 0 Å². The Hall–Kier alpha value is -0.800. The number of halogens is 1. The minimum absolute atomic E-state index is 0.430. The summed E-state index contributed by atoms with van der Waals surface area (Å²) in [7, 11) is 0. The first-order chi connectivity index (χ1) is 9.13. The molecular weight excluding hydrogens is 276 g/mol. The minimum atomic E-state index is 0.430. The van der Waals surface area contributed by atoms with E-state index in [0.29, 0.717) is 6.04 Å². The van der Waals surface area contributed by atoms with E-state index in [2.05, 4.69) is 23.4 Å². The Morgan fingerprint density at radius 1 is 1.32 bits per heavy atom. The van der Waals surface area contributed by atoms with Crippen molar-refractivity contribution in [3.8, 4) is 0 Å². The fourth-order valence-electron chi connectivity index (χ4n) is 2.54. The lowest BCUT2D eigenvalue weighted by Gasteiger charge is -2.14. The molecule has 1 heterocycles. The lowest BCUT2D eigenvalue weighted by molar-refractivity contribution is 0.478. The van der Waals surface area contributed by atoms with Crippen molar-refractivity contribution in [1.29, 1.82) is 0 Å². The predicted molar refractivity (Wildman–Crippen MR) is 85.6 cm³/mol. The maximum atomic E-state index is 6.01. The van der Waals surface area contributed by atoms with Crippen LogP contribution in [-0.4, -0.2) is 9.55 Å². The van der Waals surface area contributed by atoms with Crippen LogP contribution in [0.5, 0.6) is 0 Å². The van der Waals surface area contributed by atoms with Gasteiger partial charge in [0.05, 0.1) is 11.0 Å². The summed E-state index contributed by atoms with van der Waals surface area (Å²) in [6, 6.07) is 6.34. The molecule has 0 aliphatic carbocycles. The van der Waals surface area contributed by atoms with Crippen molar-refractivity contribution < 1.29 is 0 Å². The van der Waals surface area contributed by atoms with Crippen LogP contribution in [0.4, 0.5) is 0 Å². The molecule has 0 radical (unpaired) electrons. The van der Waals surface area contributed by atoms with Crippen molar-refractivity contribution in [2.45, 2.75) is 52.0 Å². The third-order valence-corrected chi connectivity index (χ3v) is 4.13. The smallest absolute Gasteiger partial charge is 0.178 e. The van der Waals surface area contributed by atoms with Crippen LogP contribution in [0.15, 0.2) is 18.2 Å². The van der Waals surface area contributed by atoms with E-state index in [1.807, 2.05) is 18.2 Å². The molecule has 0 fully saturated rings. The SMILES string of the molecule is CCCCCCC(C)n1c(=S)[nH]c2cc(Cl)ccc21. The minimum Gasteiger partial charge on any atom is -0.331 e. The number of aromatic amines is 1. The van der Waals surface area contributed by atoms with Gasteiger partial charge in [-0.2, -0.15) is 0 Å². The molecule has 2 rings (SSSR count). The van der Waals surface area contributed by atoms with Crippen LogP contribution < -0.4 is 0 Å². The summed E-state index contributed by atoms with van der Waals surface area (Å²) in [5.74, 6) is 0. The molecule has 0 spiro atoms. The summed E-state index contributed by atoms with van der Waals surface area (Å²) < 4.78 is 3.01. The summed E-state index contributed by atoms with van der Waals surface area (Å²) in [4.78, 5) is 3.24. The molecule has 2 nitrogen and oxygen atoms in total. The lowest BCUT2D eigenvalue weighted by atomic mass is 10.1. The largest absolute Gasteiger partial charge is 0.331 e. The van der Waals surface area contributed by atoms with Crippen molar-refractivity contribution in [2.75, 3.05) is 0 Å². The number of benzene rings is 1. The Kier molecular flexibility index (Phi) is 5.06. The van der Waals surface area contributed by atoms with Gasteiger partial charge in [0.2, 0.25) is 0 Å². The molecule has 1 N–H and O–H groups in total. The zero-order chi connectivity index (χ0) is 13.8. The number of nitrogens with one attached hydrogen (secondary N) is 1. The molecule has 1 atom stereocenters. The highest BCUT2D eigenvalue weighted by Gasteiger charge is 2.11. The number of aromatic nitrogens is 2. The van der Waals surface area contributed by atoms with Gasteiger partial charge >= 0.3 is 0 Å². The third kappa shape index (κ3) is 3.40. The highest BCUT2D eigenvalue weighted by atomic mass is 35.5. The number of hydrogen-bond donors (Lipinski definition) is 1.